The van der Waals surface area contributed by atoms with Crippen molar-refractivity contribution in [1.29, 1.82) is 0 Å². The molecule has 0 aliphatic carbocycles. The summed E-state index contributed by atoms with van der Waals surface area (Å²) < 4.78 is 3.12. The molecule has 0 saturated carbocycles. The third-order valence-corrected chi connectivity index (χ3v) is 3.59. The summed E-state index contributed by atoms with van der Waals surface area (Å²) in [7, 11) is 3.57. The van der Waals surface area contributed by atoms with Crippen LogP contribution in [-0.2, 0) is 0 Å². The van der Waals surface area contributed by atoms with E-state index in [1.165, 1.54) is 0 Å². The van der Waals surface area contributed by atoms with Crippen LogP contribution in [-0.4, -0.2) is 45.3 Å². The molecule has 1 aromatic rings. The number of rotatable bonds is 1. The quantitative estimate of drug-likeness (QED) is 0.663. The number of amides is 1. The van der Waals surface area contributed by atoms with Crippen molar-refractivity contribution >= 4 is 26.3 Å². The summed E-state index contributed by atoms with van der Waals surface area (Å²) in [5.41, 5.74) is 0. The summed E-state index contributed by atoms with van der Waals surface area (Å²) in [6.07, 6.45) is 0. The van der Waals surface area contributed by atoms with Crippen LogP contribution in [0, 0.1) is 0 Å². The van der Waals surface area contributed by atoms with E-state index >= 15 is 0 Å². The van der Waals surface area contributed by atoms with E-state index in [-0.39, 0.29) is 26.3 Å². The molecule has 1 amide bonds. The van der Waals surface area contributed by atoms with Crippen LogP contribution in [0.15, 0.2) is 16.2 Å². The van der Waals surface area contributed by atoms with Crippen molar-refractivity contribution in [2.45, 2.75) is 0 Å². The van der Waals surface area contributed by atoms with Crippen molar-refractivity contribution in [3.63, 3.8) is 0 Å². The molecule has 0 aromatic carbocycles. The Labute approximate surface area is 70.1 Å². The van der Waals surface area contributed by atoms with Crippen molar-refractivity contribution in [2.24, 2.45) is 0 Å². The van der Waals surface area contributed by atoms with Gasteiger partial charge in [-0.1, -0.05) is 0 Å². The van der Waals surface area contributed by atoms with Crippen LogP contribution in [0.2, 0.25) is 0 Å². The molecule has 0 N–H and O–H groups in total. The van der Waals surface area contributed by atoms with Crippen molar-refractivity contribution in [2.75, 3.05) is 14.1 Å². The van der Waals surface area contributed by atoms with Gasteiger partial charge in [0.25, 0.3) is 0 Å². The molecule has 0 unspecified atom stereocenters. The third kappa shape index (κ3) is 1.62. The molecule has 2 nitrogen and oxygen atoms in total. The van der Waals surface area contributed by atoms with E-state index in [1.807, 2.05) is 12.1 Å². The van der Waals surface area contributed by atoms with Gasteiger partial charge in [-0.15, -0.1) is 0 Å². The molecule has 1 heterocycles. The maximum absolute atomic E-state index is 11.2. The minimum absolute atomic E-state index is 0.174. The van der Waals surface area contributed by atoms with Crippen molar-refractivity contribution in [3.8, 4) is 0 Å². The molecule has 0 saturated heterocycles. The Balaban J connectivity index is 2.78. The van der Waals surface area contributed by atoms with Gasteiger partial charge in [0.2, 0.25) is 0 Å². The van der Waals surface area contributed by atoms with Gasteiger partial charge in [0.15, 0.2) is 0 Å². The Morgan fingerprint density at radius 1 is 1.60 bits per heavy atom. The van der Waals surface area contributed by atoms with Gasteiger partial charge in [-0.3, -0.25) is 0 Å². The Morgan fingerprint density at radius 3 is 2.70 bits per heavy atom. The van der Waals surface area contributed by atoms with Gasteiger partial charge in [0, 0.05) is 0 Å². The molecule has 0 aliphatic rings. The van der Waals surface area contributed by atoms with Gasteiger partial charge in [-0.05, 0) is 0 Å². The number of nitrogens with zero attached hydrogens (tertiary/aromatic N) is 1. The van der Waals surface area contributed by atoms with Crippen molar-refractivity contribution < 1.29 is 4.79 Å². The van der Waals surface area contributed by atoms with E-state index < -0.39 is 0 Å². The van der Waals surface area contributed by atoms with Crippen LogP contribution in [0.3, 0.4) is 0 Å². The van der Waals surface area contributed by atoms with E-state index in [1.54, 1.807) is 19.0 Å². The fourth-order valence-corrected chi connectivity index (χ4v) is 2.74. The molecule has 0 fully saturated rings. The van der Waals surface area contributed by atoms with Gasteiger partial charge >= 0.3 is 69.9 Å². The average Bonchev–Trinajstić information content (AvgIpc) is 2.36. The number of hydrogen-bond acceptors (Lipinski definition) is 1. The van der Waals surface area contributed by atoms with Crippen LogP contribution >= 0.6 is 0 Å². The first-order valence-corrected chi connectivity index (χ1v) is 5.48. The molecule has 0 bridgehead atoms. The Morgan fingerprint density at radius 2 is 2.30 bits per heavy atom. The minimum atomic E-state index is -0.271. The second kappa shape index (κ2) is 3.23. The fourth-order valence-electron chi connectivity index (χ4n) is 0.621. The molecule has 1 aromatic heterocycles. The Hall–Kier alpha value is -0.260. The van der Waals surface area contributed by atoms with Gasteiger partial charge in [-0.25, -0.2) is 0 Å². The molecule has 0 aliphatic heterocycles. The molecule has 0 spiro atoms. The number of carbonyl (C=O) groups excluding carboxylic acids is 1. The zero-order valence-corrected chi connectivity index (χ0v) is 8.33. The molecule has 0 radical (unpaired) electrons. The second-order valence-electron chi connectivity index (χ2n) is 2.18. The van der Waals surface area contributed by atoms with Crippen molar-refractivity contribution in [3.05, 3.63) is 19.8 Å². The zero-order chi connectivity index (χ0) is 7.56. The van der Waals surface area contributed by atoms with E-state index in [4.69, 9.17) is 0 Å². The molecule has 0 atom stereocenters. The maximum atomic E-state index is 11.2. The second-order valence-corrected chi connectivity index (χ2v) is 4.88. The first kappa shape index (κ1) is 7.84. The molecular formula is C7H9NOTe. The zero-order valence-electron chi connectivity index (χ0n) is 6.00. The Bertz CT molecular complexity index is 216. The van der Waals surface area contributed by atoms with Crippen LogP contribution in [0.5, 0.6) is 0 Å². The van der Waals surface area contributed by atoms with E-state index in [0.29, 0.717) is 0 Å². The van der Waals surface area contributed by atoms with Gasteiger partial charge in [0.1, 0.15) is 0 Å². The predicted molar refractivity (Wildman–Crippen MR) is 41.4 cm³/mol. The molecule has 3 heteroatoms. The molecule has 1 rings (SSSR count). The van der Waals surface area contributed by atoms with Crippen LogP contribution < -0.4 is 0 Å². The van der Waals surface area contributed by atoms with Crippen LogP contribution in [0.4, 0.5) is 0 Å². The summed E-state index contributed by atoms with van der Waals surface area (Å²) in [6.45, 7) is 0. The van der Waals surface area contributed by atoms with Crippen molar-refractivity contribution in [1.82, 2.24) is 4.90 Å². The number of carbonyl (C=O) groups is 1. The predicted octanol–water partition coefficient (Wildman–Crippen LogP) is 0.445. The molecule has 54 valence electrons. The topological polar surface area (TPSA) is 20.3 Å². The first-order valence-electron chi connectivity index (χ1n) is 2.97. The van der Waals surface area contributed by atoms with Gasteiger partial charge < -0.3 is 0 Å². The summed E-state index contributed by atoms with van der Waals surface area (Å²) in [5.74, 6) is 0.174. The fraction of sp³-hybridized carbons (Fsp3) is 0.286. The Kier molecular flexibility index (Phi) is 2.53. The monoisotopic (exact) mass is 253 g/mol. The molecular weight excluding hydrogens is 242 g/mol. The van der Waals surface area contributed by atoms with E-state index in [0.717, 1.165) is 3.58 Å². The van der Waals surface area contributed by atoms with E-state index in [2.05, 4.69) is 4.08 Å². The van der Waals surface area contributed by atoms with Gasteiger partial charge in [-0.2, -0.15) is 0 Å². The standard InChI is InChI=1S/C7H9NOTe/c1-8(2)7(9)6-4-3-5-10-6/h3-5H,1-2H3. The summed E-state index contributed by atoms with van der Waals surface area (Å²) in [5, 5.41) is 0. The normalized spacial score (nSPS) is 9.40. The van der Waals surface area contributed by atoms with Crippen LogP contribution in [0.25, 0.3) is 0 Å². The summed E-state index contributed by atoms with van der Waals surface area (Å²) in [4.78, 5) is 12.8. The summed E-state index contributed by atoms with van der Waals surface area (Å²) >= 11 is -0.271. The number of hydrogen-bond donors (Lipinski definition) is 0. The first-order chi connectivity index (χ1) is 4.72. The van der Waals surface area contributed by atoms with E-state index in [9.17, 15) is 4.79 Å². The van der Waals surface area contributed by atoms with Gasteiger partial charge in [0.05, 0.1) is 0 Å². The SMILES string of the molecule is CN(C)C(=O)c1ccc[te]1. The molecule has 10 heavy (non-hydrogen) atoms. The third-order valence-electron chi connectivity index (χ3n) is 1.14. The van der Waals surface area contributed by atoms with Crippen LogP contribution in [0.1, 0.15) is 8.37 Å². The average molecular weight is 251 g/mol. The summed E-state index contributed by atoms with van der Waals surface area (Å²) in [6, 6.07) is 3.89.